The minimum absolute atomic E-state index is 0. The van der Waals surface area contributed by atoms with Gasteiger partial charge in [-0.15, -0.1) is 24.0 Å². The van der Waals surface area contributed by atoms with E-state index in [1.165, 1.54) is 6.42 Å². The Balaban J connectivity index is 0.00000312. The molecule has 7 nitrogen and oxygen atoms in total. The number of guanidine groups is 1. The van der Waals surface area contributed by atoms with Crippen molar-refractivity contribution >= 4 is 35.8 Å². The summed E-state index contributed by atoms with van der Waals surface area (Å²) < 4.78 is 5.30. The molecule has 0 spiro atoms. The van der Waals surface area contributed by atoms with E-state index in [0.717, 1.165) is 43.9 Å². The maximum absolute atomic E-state index is 12.2. The number of nitrogens with one attached hydrogen (secondary N) is 2. The van der Waals surface area contributed by atoms with Crippen molar-refractivity contribution in [3.63, 3.8) is 0 Å². The van der Waals surface area contributed by atoms with Gasteiger partial charge >= 0.3 is 0 Å². The number of nitrogens with zero attached hydrogens (tertiary/aromatic N) is 3. The summed E-state index contributed by atoms with van der Waals surface area (Å²) >= 11 is 0. The van der Waals surface area contributed by atoms with Crippen molar-refractivity contribution in [3.8, 4) is 0 Å². The third-order valence-electron chi connectivity index (χ3n) is 4.02. The van der Waals surface area contributed by atoms with Gasteiger partial charge in [0.25, 0.3) is 0 Å². The van der Waals surface area contributed by atoms with Gasteiger partial charge < -0.3 is 20.1 Å². The molecule has 0 radical (unpaired) electrons. The van der Waals surface area contributed by atoms with Crippen molar-refractivity contribution in [2.24, 2.45) is 4.99 Å². The standard InChI is InChI=1S/C17H29N5O2.HI/c1-4-18-17(19-11-14-10-15(13(2)3)21-24-14)20-12-16(23)22-8-6-5-7-9-22;/h10,13H,4-9,11-12H2,1-3H3,(H2,18,19,20);1H. The van der Waals surface area contributed by atoms with E-state index in [1.807, 2.05) is 17.9 Å². The lowest BCUT2D eigenvalue weighted by Gasteiger charge is -2.26. The van der Waals surface area contributed by atoms with Crippen molar-refractivity contribution in [2.45, 2.75) is 52.5 Å². The quantitative estimate of drug-likeness (QED) is 0.385. The van der Waals surface area contributed by atoms with Crippen LogP contribution in [-0.4, -0.2) is 48.1 Å². The third-order valence-corrected chi connectivity index (χ3v) is 4.02. The van der Waals surface area contributed by atoms with Crippen LogP contribution in [0.15, 0.2) is 15.6 Å². The third kappa shape index (κ3) is 7.21. The van der Waals surface area contributed by atoms with Crippen LogP contribution in [0.25, 0.3) is 0 Å². The topological polar surface area (TPSA) is 82.8 Å². The number of piperidine rings is 1. The summed E-state index contributed by atoms with van der Waals surface area (Å²) in [5.41, 5.74) is 0.939. The Hall–Kier alpha value is -1.32. The molecule has 0 saturated carbocycles. The molecule has 2 N–H and O–H groups in total. The summed E-state index contributed by atoms with van der Waals surface area (Å²) in [6.07, 6.45) is 3.40. The van der Waals surface area contributed by atoms with Gasteiger partial charge in [0.05, 0.1) is 12.2 Å². The van der Waals surface area contributed by atoms with Gasteiger partial charge in [-0.05, 0) is 32.1 Å². The molecule has 1 aliphatic rings. The summed E-state index contributed by atoms with van der Waals surface area (Å²) in [5.74, 6) is 1.80. The van der Waals surface area contributed by atoms with Gasteiger partial charge in [0.1, 0.15) is 6.54 Å². The van der Waals surface area contributed by atoms with Crippen molar-refractivity contribution in [2.75, 3.05) is 26.2 Å². The number of hydrogen-bond acceptors (Lipinski definition) is 4. The van der Waals surface area contributed by atoms with Crippen LogP contribution < -0.4 is 10.6 Å². The summed E-state index contributed by atoms with van der Waals surface area (Å²) in [6.45, 7) is 9.25. The van der Waals surface area contributed by atoms with Crippen LogP contribution in [0.1, 0.15) is 57.4 Å². The van der Waals surface area contributed by atoms with Crippen LogP contribution in [0, 0.1) is 0 Å². The van der Waals surface area contributed by atoms with Crippen LogP contribution in [0.4, 0.5) is 0 Å². The van der Waals surface area contributed by atoms with Gasteiger partial charge in [-0.3, -0.25) is 4.79 Å². The van der Waals surface area contributed by atoms with Crippen molar-refractivity contribution in [3.05, 3.63) is 17.5 Å². The molecule has 1 fully saturated rings. The summed E-state index contributed by atoms with van der Waals surface area (Å²) in [7, 11) is 0. The second-order valence-corrected chi connectivity index (χ2v) is 6.36. The number of carbonyl (C=O) groups excluding carboxylic acids is 1. The molecule has 2 heterocycles. The number of aliphatic imine (C=N–C) groups is 1. The van der Waals surface area contributed by atoms with Gasteiger partial charge in [0.2, 0.25) is 5.91 Å². The van der Waals surface area contributed by atoms with Gasteiger partial charge in [-0.1, -0.05) is 19.0 Å². The summed E-state index contributed by atoms with van der Waals surface area (Å²) in [4.78, 5) is 18.5. The molecule has 0 aromatic carbocycles. The first-order valence-electron chi connectivity index (χ1n) is 8.85. The maximum atomic E-state index is 12.2. The van der Waals surface area contributed by atoms with Gasteiger partial charge in [0.15, 0.2) is 11.7 Å². The van der Waals surface area contributed by atoms with Crippen molar-refractivity contribution in [1.82, 2.24) is 20.7 Å². The zero-order valence-corrected chi connectivity index (χ0v) is 17.7. The predicted molar refractivity (Wildman–Crippen MR) is 109 cm³/mol. The number of amides is 1. The van der Waals surface area contributed by atoms with E-state index in [1.54, 1.807) is 0 Å². The molecule has 1 aliphatic heterocycles. The molecule has 1 saturated heterocycles. The Kier molecular flexibility index (Phi) is 9.84. The van der Waals surface area contributed by atoms with Crippen LogP contribution >= 0.6 is 24.0 Å². The molecule has 0 bridgehead atoms. The second-order valence-electron chi connectivity index (χ2n) is 6.36. The highest BCUT2D eigenvalue weighted by molar-refractivity contribution is 14.0. The van der Waals surface area contributed by atoms with Crippen LogP contribution in [-0.2, 0) is 11.3 Å². The average Bonchev–Trinajstić information content (AvgIpc) is 3.07. The SMILES string of the molecule is CCNC(=NCC(=O)N1CCCCC1)NCc1cc(C(C)C)no1.I. The molecular weight excluding hydrogens is 433 g/mol. The number of carbonyl (C=O) groups is 1. The van der Waals surface area contributed by atoms with Crippen molar-refractivity contribution in [1.29, 1.82) is 0 Å². The number of aromatic nitrogens is 1. The largest absolute Gasteiger partial charge is 0.359 e. The predicted octanol–water partition coefficient (Wildman–Crippen LogP) is 2.48. The minimum Gasteiger partial charge on any atom is -0.359 e. The Morgan fingerprint density at radius 3 is 2.64 bits per heavy atom. The van der Waals surface area contributed by atoms with E-state index in [4.69, 9.17) is 4.52 Å². The van der Waals surface area contributed by atoms with Crippen LogP contribution in [0.2, 0.25) is 0 Å². The van der Waals surface area contributed by atoms with E-state index >= 15 is 0 Å². The average molecular weight is 463 g/mol. The maximum Gasteiger partial charge on any atom is 0.244 e. The zero-order chi connectivity index (χ0) is 17.4. The summed E-state index contributed by atoms with van der Waals surface area (Å²) in [6, 6.07) is 1.94. The number of rotatable bonds is 6. The fourth-order valence-electron chi connectivity index (χ4n) is 2.59. The lowest BCUT2D eigenvalue weighted by Crippen LogP contribution is -2.40. The number of likely N-dealkylation sites (tertiary alicyclic amines) is 1. The lowest BCUT2D eigenvalue weighted by molar-refractivity contribution is -0.130. The molecule has 2 rings (SSSR count). The second kappa shape index (κ2) is 11.3. The molecule has 1 aromatic rings. The molecule has 0 atom stereocenters. The molecule has 8 heteroatoms. The Bertz CT molecular complexity index is 553. The number of halogens is 1. The molecule has 1 amide bonds. The first-order chi connectivity index (χ1) is 11.6. The van der Waals surface area contributed by atoms with E-state index in [0.29, 0.717) is 18.4 Å². The number of hydrogen-bond donors (Lipinski definition) is 2. The molecule has 0 unspecified atom stereocenters. The van der Waals surface area contributed by atoms with E-state index in [2.05, 4.69) is 34.6 Å². The summed E-state index contributed by atoms with van der Waals surface area (Å²) in [5, 5.41) is 10.4. The van der Waals surface area contributed by atoms with Crippen LogP contribution in [0.3, 0.4) is 0 Å². The van der Waals surface area contributed by atoms with Gasteiger partial charge in [0, 0.05) is 25.7 Å². The minimum atomic E-state index is 0. The monoisotopic (exact) mass is 463 g/mol. The fourth-order valence-corrected chi connectivity index (χ4v) is 2.59. The van der Waals surface area contributed by atoms with Gasteiger partial charge in [-0.2, -0.15) is 0 Å². The molecule has 25 heavy (non-hydrogen) atoms. The van der Waals surface area contributed by atoms with Gasteiger partial charge in [-0.25, -0.2) is 4.99 Å². The zero-order valence-electron chi connectivity index (χ0n) is 15.4. The highest BCUT2D eigenvalue weighted by Crippen LogP contribution is 2.13. The van der Waals surface area contributed by atoms with E-state index < -0.39 is 0 Å². The first-order valence-corrected chi connectivity index (χ1v) is 8.85. The normalized spacial score (nSPS) is 15.0. The fraction of sp³-hybridized carbons (Fsp3) is 0.706. The highest BCUT2D eigenvalue weighted by atomic mass is 127. The molecule has 0 aliphatic carbocycles. The Morgan fingerprint density at radius 2 is 2.04 bits per heavy atom. The molecule has 142 valence electrons. The molecule has 1 aromatic heterocycles. The Labute approximate surface area is 167 Å². The van der Waals surface area contributed by atoms with E-state index in [-0.39, 0.29) is 36.4 Å². The Morgan fingerprint density at radius 1 is 1.32 bits per heavy atom. The lowest BCUT2D eigenvalue weighted by atomic mass is 10.1. The van der Waals surface area contributed by atoms with Crippen molar-refractivity contribution < 1.29 is 9.32 Å². The first kappa shape index (κ1) is 21.7. The molecular formula is C17H30IN5O2. The highest BCUT2D eigenvalue weighted by Gasteiger charge is 2.16. The van der Waals surface area contributed by atoms with Crippen LogP contribution in [0.5, 0.6) is 0 Å². The smallest absolute Gasteiger partial charge is 0.244 e. The van der Waals surface area contributed by atoms with E-state index in [9.17, 15) is 4.79 Å².